The van der Waals surface area contributed by atoms with Gasteiger partial charge in [-0.3, -0.25) is 0 Å². The number of benzene rings is 2. The second-order valence-corrected chi connectivity index (χ2v) is 6.16. The molecule has 4 rings (SSSR count). The minimum absolute atomic E-state index is 0. The van der Waals surface area contributed by atoms with Crippen LogP contribution in [0.4, 0.5) is 8.78 Å². The summed E-state index contributed by atoms with van der Waals surface area (Å²) in [6.45, 7) is -1.83. The fourth-order valence-electron chi connectivity index (χ4n) is 3.43. The van der Waals surface area contributed by atoms with E-state index in [9.17, 15) is 8.78 Å². The highest BCUT2D eigenvalue weighted by Gasteiger charge is 2.29. The van der Waals surface area contributed by atoms with Crippen molar-refractivity contribution in [2.75, 3.05) is 7.11 Å². The summed E-state index contributed by atoms with van der Waals surface area (Å²) in [5.41, 5.74) is 3.05. The molecule has 0 saturated carbocycles. The number of aromatic nitrogens is 2. The van der Waals surface area contributed by atoms with Gasteiger partial charge < -0.3 is 26.5 Å². The molecular formula is C20H19BrF2N2O2. The van der Waals surface area contributed by atoms with Crippen LogP contribution in [0.2, 0.25) is 0 Å². The van der Waals surface area contributed by atoms with Crippen LogP contribution < -0.4 is 31.0 Å². The third-order valence-electron chi connectivity index (χ3n) is 4.61. The van der Waals surface area contributed by atoms with E-state index in [4.69, 9.17) is 4.74 Å². The largest absolute Gasteiger partial charge is 1.00 e. The van der Waals surface area contributed by atoms with Crippen LogP contribution in [0, 0.1) is 0 Å². The molecule has 2 aromatic carbocycles. The first-order chi connectivity index (χ1) is 12.7. The standard InChI is InChI=1S/C20H19F2N2O2.BrH/c1-25-16-8-4-14(5-9-16)18-13-23-12-2-3-19(23)24(18)15-6-10-17(11-7-15)26-20(21)22;/h4-11,13,20H,2-3,12H2,1H3;1H/q+1;/p-1. The first-order valence-electron chi connectivity index (χ1n) is 8.49. The third-order valence-corrected chi connectivity index (χ3v) is 4.61. The molecule has 0 unspecified atom stereocenters. The maximum atomic E-state index is 12.4. The SMILES string of the molecule is COc1ccc(-c2c[n+]3c(n2-c2ccc(OC(F)F)cc2)CCC3)cc1.[Br-]. The average molecular weight is 437 g/mol. The van der Waals surface area contributed by atoms with Crippen LogP contribution in [0.1, 0.15) is 12.2 Å². The van der Waals surface area contributed by atoms with Gasteiger partial charge in [0.25, 0.3) is 5.82 Å². The number of rotatable bonds is 5. The van der Waals surface area contributed by atoms with Crippen molar-refractivity contribution in [1.82, 2.24) is 4.57 Å². The molecule has 1 aliphatic rings. The van der Waals surface area contributed by atoms with Crippen molar-refractivity contribution in [1.29, 1.82) is 0 Å². The molecule has 7 heteroatoms. The third kappa shape index (κ3) is 3.83. The molecule has 0 N–H and O–H groups in total. The van der Waals surface area contributed by atoms with Crippen molar-refractivity contribution in [3.8, 4) is 28.4 Å². The molecule has 2 heterocycles. The van der Waals surface area contributed by atoms with Gasteiger partial charge in [-0.25, -0.2) is 4.57 Å². The smallest absolute Gasteiger partial charge is 0.387 e. The van der Waals surface area contributed by atoms with E-state index in [0.717, 1.165) is 42.1 Å². The minimum Gasteiger partial charge on any atom is -1.00 e. The second kappa shape index (κ2) is 8.08. The van der Waals surface area contributed by atoms with Crippen molar-refractivity contribution in [2.45, 2.75) is 26.0 Å². The summed E-state index contributed by atoms with van der Waals surface area (Å²) in [5.74, 6) is 2.17. The molecule has 142 valence electrons. The van der Waals surface area contributed by atoms with Gasteiger partial charge in [-0.2, -0.15) is 13.3 Å². The lowest BCUT2D eigenvalue weighted by Crippen LogP contribution is -3.00. The number of alkyl halides is 2. The highest BCUT2D eigenvalue weighted by atomic mass is 79.9. The summed E-state index contributed by atoms with van der Waals surface area (Å²) in [6, 6.07) is 14.7. The van der Waals surface area contributed by atoms with Crippen LogP contribution in [0.5, 0.6) is 11.5 Å². The lowest BCUT2D eigenvalue weighted by Gasteiger charge is -2.07. The number of imidazole rings is 1. The molecule has 1 aromatic heterocycles. The summed E-state index contributed by atoms with van der Waals surface area (Å²) < 4.78 is 38.9. The monoisotopic (exact) mass is 436 g/mol. The quantitative estimate of drug-likeness (QED) is 0.557. The highest BCUT2D eigenvalue weighted by Crippen LogP contribution is 2.29. The highest BCUT2D eigenvalue weighted by molar-refractivity contribution is 5.63. The van der Waals surface area contributed by atoms with Gasteiger partial charge in [0.1, 0.15) is 23.4 Å². The van der Waals surface area contributed by atoms with E-state index >= 15 is 0 Å². The number of methoxy groups -OCH3 is 1. The maximum Gasteiger partial charge on any atom is 0.387 e. The Hall–Kier alpha value is -2.41. The normalized spacial score (nSPS) is 12.6. The van der Waals surface area contributed by atoms with Gasteiger partial charge in [0.15, 0.2) is 5.69 Å². The Morgan fingerprint density at radius 1 is 1.00 bits per heavy atom. The molecular weight excluding hydrogens is 418 g/mol. The van der Waals surface area contributed by atoms with Crippen molar-refractivity contribution in [2.24, 2.45) is 0 Å². The van der Waals surface area contributed by atoms with Gasteiger partial charge in [0, 0.05) is 5.56 Å². The van der Waals surface area contributed by atoms with Gasteiger partial charge in [-0.1, -0.05) is 0 Å². The zero-order valence-corrected chi connectivity index (χ0v) is 16.3. The summed E-state index contributed by atoms with van der Waals surface area (Å²) in [7, 11) is 1.64. The summed E-state index contributed by atoms with van der Waals surface area (Å²) >= 11 is 0. The Morgan fingerprint density at radius 3 is 2.30 bits per heavy atom. The fourth-order valence-corrected chi connectivity index (χ4v) is 3.43. The van der Waals surface area contributed by atoms with Crippen LogP contribution in [-0.4, -0.2) is 18.3 Å². The minimum atomic E-state index is -2.82. The lowest BCUT2D eigenvalue weighted by molar-refractivity contribution is -0.689. The Morgan fingerprint density at radius 2 is 1.67 bits per heavy atom. The van der Waals surface area contributed by atoms with Gasteiger partial charge in [-0.15, -0.1) is 0 Å². The fraction of sp³-hybridized carbons (Fsp3) is 0.250. The second-order valence-electron chi connectivity index (χ2n) is 6.16. The van der Waals surface area contributed by atoms with E-state index in [-0.39, 0.29) is 22.7 Å². The van der Waals surface area contributed by atoms with Crippen LogP contribution in [0.25, 0.3) is 16.9 Å². The van der Waals surface area contributed by atoms with Crippen molar-refractivity contribution < 1.29 is 39.8 Å². The Bertz CT molecular complexity index is 909. The molecule has 0 spiro atoms. The van der Waals surface area contributed by atoms with E-state index < -0.39 is 6.61 Å². The summed E-state index contributed by atoms with van der Waals surface area (Å²) in [5, 5.41) is 0. The first kappa shape index (κ1) is 19.4. The van der Waals surface area contributed by atoms with Crippen LogP contribution in [0.3, 0.4) is 0 Å². The van der Waals surface area contributed by atoms with Crippen molar-refractivity contribution >= 4 is 0 Å². The number of ether oxygens (including phenoxy) is 2. The molecule has 0 atom stereocenters. The molecule has 3 aromatic rings. The Labute approximate surface area is 166 Å². The molecule has 1 aliphatic heterocycles. The summed E-state index contributed by atoms with van der Waals surface area (Å²) in [4.78, 5) is 0. The predicted octanol–water partition coefficient (Wildman–Crippen LogP) is 0.992. The van der Waals surface area contributed by atoms with Crippen LogP contribution in [-0.2, 0) is 13.0 Å². The van der Waals surface area contributed by atoms with E-state index in [1.807, 2.05) is 36.4 Å². The molecule has 0 bridgehead atoms. The molecule has 0 radical (unpaired) electrons. The van der Waals surface area contributed by atoms with Crippen LogP contribution in [0.15, 0.2) is 54.7 Å². The zero-order chi connectivity index (χ0) is 18.1. The Balaban J connectivity index is 0.00000210. The molecule has 0 aliphatic carbocycles. The molecule has 0 amide bonds. The average Bonchev–Trinajstić information content (AvgIpc) is 3.23. The number of hydrogen-bond donors (Lipinski definition) is 0. The predicted molar refractivity (Wildman–Crippen MR) is 92.9 cm³/mol. The van der Waals surface area contributed by atoms with Gasteiger partial charge in [0.05, 0.1) is 20.1 Å². The maximum absolute atomic E-state index is 12.4. The number of aryl methyl sites for hydroxylation is 1. The zero-order valence-electron chi connectivity index (χ0n) is 14.7. The molecule has 0 saturated heterocycles. The molecule has 0 fully saturated rings. The van der Waals surface area contributed by atoms with Crippen molar-refractivity contribution in [3.63, 3.8) is 0 Å². The van der Waals surface area contributed by atoms with Gasteiger partial charge >= 0.3 is 6.61 Å². The summed E-state index contributed by atoms with van der Waals surface area (Å²) in [6.07, 6.45) is 4.23. The molecule has 4 nitrogen and oxygen atoms in total. The first-order valence-corrected chi connectivity index (χ1v) is 8.49. The number of halogens is 3. The van der Waals surface area contributed by atoms with E-state index in [1.165, 1.54) is 5.82 Å². The number of fused-ring (bicyclic) bond motifs is 1. The lowest BCUT2D eigenvalue weighted by atomic mass is 10.1. The molecule has 27 heavy (non-hydrogen) atoms. The van der Waals surface area contributed by atoms with Gasteiger partial charge in [-0.05, 0) is 55.0 Å². The van der Waals surface area contributed by atoms with E-state index in [0.29, 0.717) is 0 Å². The number of nitrogens with zero attached hydrogens (tertiary/aromatic N) is 2. The van der Waals surface area contributed by atoms with Gasteiger partial charge in [0.2, 0.25) is 0 Å². The number of hydrogen-bond acceptors (Lipinski definition) is 2. The van der Waals surface area contributed by atoms with Crippen LogP contribution >= 0.6 is 0 Å². The van der Waals surface area contributed by atoms with E-state index in [2.05, 4.69) is 20.1 Å². The Kier molecular flexibility index (Phi) is 5.79. The van der Waals surface area contributed by atoms with Crippen molar-refractivity contribution in [3.05, 3.63) is 60.6 Å². The topological polar surface area (TPSA) is 27.3 Å². The van der Waals surface area contributed by atoms with E-state index in [1.54, 1.807) is 19.2 Å².